The maximum absolute atomic E-state index is 13.0. The SMILES string of the molecule is N[C@@H](CO)C(=O)N[C@@H](CC(=O)O)C(=O)N[C@@H](CC(=O)O)C(=O)N[C@@H](CC(=O)O)C(=O)N[C@@H](Cc1c[nH]c2ccccc12)C(=O)O. The molecule has 45 heavy (non-hydrogen) atoms. The van der Waals surface area contributed by atoms with Gasteiger partial charge in [-0.2, -0.15) is 0 Å². The number of aliphatic hydroxyl groups is 1. The summed E-state index contributed by atoms with van der Waals surface area (Å²) in [5, 5.41) is 55.1. The summed E-state index contributed by atoms with van der Waals surface area (Å²) >= 11 is 0. The van der Waals surface area contributed by atoms with Crippen molar-refractivity contribution >= 4 is 58.4 Å². The maximum Gasteiger partial charge on any atom is 0.326 e. The first-order chi connectivity index (χ1) is 21.1. The van der Waals surface area contributed by atoms with E-state index in [2.05, 4.69) is 10.3 Å². The molecule has 2 rings (SSSR count). The van der Waals surface area contributed by atoms with Crippen molar-refractivity contribution in [1.29, 1.82) is 0 Å². The molecule has 1 aromatic heterocycles. The van der Waals surface area contributed by atoms with Crippen molar-refractivity contribution < 1.29 is 63.9 Å². The molecule has 1 aromatic carbocycles. The first-order valence-electron chi connectivity index (χ1n) is 13.1. The Balaban J connectivity index is 2.24. The molecule has 244 valence electrons. The largest absolute Gasteiger partial charge is 0.481 e. The Morgan fingerprint density at radius 2 is 1.09 bits per heavy atom. The molecule has 0 fully saturated rings. The number of carboxylic acid groups (broad SMARTS) is 4. The minimum Gasteiger partial charge on any atom is -0.481 e. The topological polar surface area (TPSA) is 328 Å². The lowest BCUT2D eigenvalue weighted by Crippen LogP contribution is -2.59. The Bertz CT molecular complexity index is 1460. The summed E-state index contributed by atoms with van der Waals surface area (Å²) in [6, 6.07) is -2.12. The summed E-state index contributed by atoms with van der Waals surface area (Å²) in [5.74, 6) is -11.5. The number of para-hydroxylation sites is 1. The number of hydrogen-bond acceptors (Lipinski definition) is 10. The molecule has 0 aliphatic carbocycles. The van der Waals surface area contributed by atoms with Crippen LogP contribution in [0.2, 0.25) is 0 Å². The van der Waals surface area contributed by atoms with E-state index in [1.807, 2.05) is 16.0 Å². The summed E-state index contributed by atoms with van der Waals surface area (Å²) < 4.78 is 0. The van der Waals surface area contributed by atoms with E-state index in [9.17, 15) is 53.7 Å². The number of nitrogens with two attached hydrogens (primary N) is 1. The standard InChI is InChI=1S/C26H32N6O13/c27-13(10-33)22(40)29-15(6-19(34)35)23(41)30-16(7-20(36)37)24(42)31-17(8-21(38)39)25(43)32-18(26(44)45)5-11-9-28-14-4-2-1-3-12(11)14/h1-4,9,13,15-18,28,33H,5-8,10,27H2,(H,29,40)(H,30,41)(H,31,42)(H,32,43)(H,34,35)(H,36,37)(H,38,39)(H,44,45)/t13-,15-,16-,17-,18-/m0/s1. The van der Waals surface area contributed by atoms with Crippen molar-refractivity contribution in [2.45, 2.75) is 55.9 Å². The fraction of sp³-hybridized carbons (Fsp3) is 0.385. The summed E-state index contributed by atoms with van der Waals surface area (Å²) in [6.45, 7) is -0.866. The van der Waals surface area contributed by atoms with Crippen LogP contribution in [0, 0.1) is 0 Å². The monoisotopic (exact) mass is 636 g/mol. The van der Waals surface area contributed by atoms with Crippen molar-refractivity contribution in [2.75, 3.05) is 6.61 Å². The highest BCUT2D eigenvalue weighted by atomic mass is 16.4. The Morgan fingerprint density at radius 3 is 1.51 bits per heavy atom. The van der Waals surface area contributed by atoms with Gasteiger partial charge in [0, 0.05) is 23.5 Å². The van der Waals surface area contributed by atoms with Gasteiger partial charge in [0.15, 0.2) is 0 Å². The van der Waals surface area contributed by atoms with Crippen LogP contribution in [0.5, 0.6) is 0 Å². The van der Waals surface area contributed by atoms with Crippen molar-refractivity contribution in [1.82, 2.24) is 26.3 Å². The second-order valence-electron chi connectivity index (χ2n) is 9.73. The summed E-state index contributed by atoms with van der Waals surface area (Å²) in [6.07, 6.45) is -1.98. The smallest absolute Gasteiger partial charge is 0.326 e. The molecule has 4 amide bonds. The van der Waals surface area contributed by atoms with Crippen LogP contribution < -0.4 is 27.0 Å². The van der Waals surface area contributed by atoms with Crippen LogP contribution in [-0.2, 0) is 44.8 Å². The molecule has 0 unspecified atom stereocenters. The van der Waals surface area contributed by atoms with E-state index in [1.165, 1.54) is 6.20 Å². The molecule has 2 aromatic rings. The zero-order chi connectivity index (χ0) is 33.8. The number of aliphatic hydroxyl groups excluding tert-OH is 1. The number of H-pyrrole nitrogens is 1. The molecular formula is C26H32N6O13. The zero-order valence-electron chi connectivity index (χ0n) is 23.4. The number of carboxylic acids is 4. The number of aromatic amines is 1. The van der Waals surface area contributed by atoms with Crippen molar-refractivity contribution in [2.24, 2.45) is 5.73 Å². The van der Waals surface area contributed by atoms with Gasteiger partial charge in [-0.3, -0.25) is 33.6 Å². The van der Waals surface area contributed by atoms with Gasteiger partial charge in [-0.25, -0.2) is 4.79 Å². The second-order valence-corrected chi connectivity index (χ2v) is 9.73. The van der Waals surface area contributed by atoms with Gasteiger partial charge < -0.3 is 57.5 Å². The number of hydrogen-bond donors (Lipinski definition) is 11. The normalized spacial score (nSPS) is 14.2. The van der Waals surface area contributed by atoms with E-state index in [1.54, 1.807) is 24.3 Å². The number of fused-ring (bicyclic) bond motifs is 1. The molecule has 0 aliphatic heterocycles. The van der Waals surface area contributed by atoms with E-state index in [0.29, 0.717) is 16.5 Å². The number of benzene rings is 1. The fourth-order valence-electron chi connectivity index (χ4n) is 4.05. The van der Waals surface area contributed by atoms with E-state index in [-0.39, 0.29) is 6.42 Å². The second kappa shape index (κ2) is 16.3. The van der Waals surface area contributed by atoms with Crippen molar-refractivity contribution in [3.05, 3.63) is 36.0 Å². The molecule has 0 saturated carbocycles. The van der Waals surface area contributed by atoms with Crippen LogP contribution in [0.1, 0.15) is 24.8 Å². The van der Waals surface area contributed by atoms with Gasteiger partial charge in [-0.15, -0.1) is 0 Å². The van der Waals surface area contributed by atoms with Gasteiger partial charge in [0.2, 0.25) is 23.6 Å². The fourth-order valence-corrected chi connectivity index (χ4v) is 4.05. The van der Waals surface area contributed by atoms with Gasteiger partial charge >= 0.3 is 23.9 Å². The number of carbonyl (C=O) groups is 8. The summed E-state index contributed by atoms with van der Waals surface area (Å²) in [7, 11) is 0. The highest BCUT2D eigenvalue weighted by molar-refractivity contribution is 5.98. The summed E-state index contributed by atoms with van der Waals surface area (Å²) in [5.41, 5.74) is 6.53. The zero-order valence-corrected chi connectivity index (χ0v) is 23.4. The van der Waals surface area contributed by atoms with Crippen molar-refractivity contribution in [3.63, 3.8) is 0 Å². The molecule has 0 bridgehead atoms. The third-order valence-corrected chi connectivity index (χ3v) is 6.28. The third kappa shape index (κ3) is 10.9. The van der Waals surface area contributed by atoms with Crippen molar-refractivity contribution in [3.8, 4) is 0 Å². The first kappa shape index (κ1) is 35.6. The molecule has 12 N–H and O–H groups in total. The Morgan fingerprint density at radius 1 is 0.667 bits per heavy atom. The molecule has 19 heteroatoms. The van der Waals surface area contributed by atoms with E-state index in [0.717, 1.165) is 0 Å². The van der Waals surface area contributed by atoms with Gasteiger partial charge in [0.1, 0.15) is 30.2 Å². The number of rotatable bonds is 18. The number of nitrogens with one attached hydrogen (secondary N) is 5. The lowest BCUT2D eigenvalue weighted by atomic mass is 10.0. The lowest BCUT2D eigenvalue weighted by molar-refractivity contribution is -0.145. The molecule has 0 saturated heterocycles. The average molecular weight is 637 g/mol. The Kier molecular flexibility index (Phi) is 12.9. The van der Waals surface area contributed by atoms with E-state index >= 15 is 0 Å². The highest BCUT2D eigenvalue weighted by Crippen LogP contribution is 2.19. The van der Waals surface area contributed by atoms with E-state index in [4.69, 9.17) is 15.9 Å². The predicted molar refractivity (Wildman–Crippen MR) is 149 cm³/mol. The van der Waals surface area contributed by atoms with Crippen LogP contribution in [-0.4, -0.2) is 115 Å². The summed E-state index contributed by atoms with van der Waals surface area (Å²) in [4.78, 5) is 99.9. The molecular weight excluding hydrogens is 604 g/mol. The number of amides is 4. The third-order valence-electron chi connectivity index (χ3n) is 6.28. The first-order valence-corrected chi connectivity index (χ1v) is 13.1. The Hall–Kier alpha value is -5.56. The highest BCUT2D eigenvalue weighted by Gasteiger charge is 2.34. The maximum atomic E-state index is 13.0. The van der Waals surface area contributed by atoms with Crippen LogP contribution in [0.25, 0.3) is 10.9 Å². The molecule has 0 aliphatic rings. The minimum atomic E-state index is -2.03. The van der Waals surface area contributed by atoms with Gasteiger partial charge in [-0.1, -0.05) is 18.2 Å². The molecule has 19 nitrogen and oxygen atoms in total. The number of carbonyl (C=O) groups excluding carboxylic acids is 4. The quantitative estimate of drug-likeness (QED) is 0.0756. The van der Waals surface area contributed by atoms with Crippen LogP contribution in [0.3, 0.4) is 0 Å². The number of aromatic nitrogens is 1. The molecule has 5 atom stereocenters. The van der Waals surface area contributed by atoms with Crippen LogP contribution >= 0.6 is 0 Å². The molecule has 0 spiro atoms. The minimum absolute atomic E-state index is 0.243. The number of aliphatic carboxylic acids is 4. The van der Waals surface area contributed by atoms with Crippen LogP contribution in [0.4, 0.5) is 0 Å². The van der Waals surface area contributed by atoms with Gasteiger partial charge in [0.05, 0.1) is 25.9 Å². The predicted octanol–water partition coefficient (Wildman–Crippen LogP) is -3.52. The molecule has 1 heterocycles. The van der Waals surface area contributed by atoms with Crippen LogP contribution in [0.15, 0.2) is 30.5 Å². The van der Waals surface area contributed by atoms with E-state index < -0.39 is 104 Å². The van der Waals surface area contributed by atoms with Gasteiger partial charge in [-0.05, 0) is 11.6 Å². The lowest BCUT2D eigenvalue weighted by Gasteiger charge is -2.25. The molecule has 0 radical (unpaired) electrons. The van der Waals surface area contributed by atoms with Gasteiger partial charge in [0.25, 0.3) is 0 Å². The Labute approximate surface area is 253 Å². The average Bonchev–Trinajstić information content (AvgIpc) is 3.36.